The van der Waals surface area contributed by atoms with Crippen molar-refractivity contribution < 1.29 is 17.9 Å². The van der Waals surface area contributed by atoms with Crippen LogP contribution in [0.25, 0.3) is 0 Å². The van der Waals surface area contributed by atoms with Crippen molar-refractivity contribution in [2.45, 2.75) is 4.90 Å². The Hall–Kier alpha value is -2.12. The van der Waals surface area contributed by atoms with E-state index in [0.29, 0.717) is 0 Å². The van der Waals surface area contributed by atoms with Gasteiger partial charge in [-0.25, -0.2) is 13.2 Å². The molecule has 21 heavy (non-hydrogen) atoms. The van der Waals surface area contributed by atoms with Crippen LogP contribution in [-0.4, -0.2) is 26.5 Å². The van der Waals surface area contributed by atoms with Crippen LogP contribution in [0.15, 0.2) is 47.6 Å². The van der Waals surface area contributed by atoms with E-state index in [-0.39, 0.29) is 21.2 Å². The quantitative estimate of drug-likeness (QED) is 0.871. The molecule has 0 aliphatic rings. The number of anilines is 1. The normalized spacial score (nSPS) is 11.0. The molecule has 0 saturated heterocycles. The van der Waals surface area contributed by atoms with Crippen molar-refractivity contribution in [1.82, 2.24) is 4.98 Å². The molecule has 2 aromatic rings. The molecule has 0 amide bonds. The molecule has 0 atom stereocenters. The fraction of sp³-hybridized carbons (Fsp3) is 0.0769. The zero-order valence-electron chi connectivity index (χ0n) is 10.9. The number of halogens is 1. The number of carbonyl (C=O) groups is 1. The number of esters is 1. The maximum Gasteiger partial charge on any atom is 0.339 e. The molecule has 1 heterocycles. The molecule has 0 unspecified atom stereocenters. The lowest BCUT2D eigenvalue weighted by Gasteiger charge is -2.11. The molecule has 1 aromatic heterocycles. The molecule has 0 radical (unpaired) electrons. The summed E-state index contributed by atoms with van der Waals surface area (Å²) in [4.78, 5) is 15.2. The predicted molar refractivity (Wildman–Crippen MR) is 77.8 cm³/mol. The third kappa shape index (κ3) is 3.32. The molecule has 0 spiro atoms. The number of sulfonamides is 1. The van der Waals surface area contributed by atoms with E-state index in [0.717, 1.165) is 0 Å². The largest absolute Gasteiger partial charge is 0.465 e. The minimum Gasteiger partial charge on any atom is -0.465 e. The van der Waals surface area contributed by atoms with E-state index in [1.165, 1.54) is 43.8 Å². The number of methoxy groups -OCH3 is 1. The minimum atomic E-state index is -4.00. The Morgan fingerprint density at radius 1 is 1.29 bits per heavy atom. The van der Waals surface area contributed by atoms with Crippen molar-refractivity contribution >= 4 is 33.3 Å². The molecule has 0 fully saturated rings. The van der Waals surface area contributed by atoms with E-state index in [1.54, 1.807) is 6.07 Å². The molecule has 0 aliphatic heterocycles. The van der Waals surface area contributed by atoms with Gasteiger partial charge in [0.2, 0.25) is 0 Å². The van der Waals surface area contributed by atoms with Crippen LogP contribution in [0, 0.1) is 0 Å². The second kappa shape index (κ2) is 6.11. The summed E-state index contributed by atoms with van der Waals surface area (Å²) in [7, 11) is -2.82. The average molecular weight is 327 g/mol. The molecule has 2 rings (SSSR count). The van der Waals surface area contributed by atoms with Crippen LogP contribution in [0.1, 0.15) is 10.4 Å². The van der Waals surface area contributed by atoms with E-state index >= 15 is 0 Å². The Morgan fingerprint density at radius 2 is 2.00 bits per heavy atom. The number of rotatable bonds is 4. The van der Waals surface area contributed by atoms with Crippen LogP contribution < -0.4 is 4.72 Å². The molecule has 0 bridgehead atoms. The highest BCUT2D eigenvalue weighted by atomic mass is 35.5. The summed E-state index contributed by atoms with van der Waals surface area (Å²) in [6, 6.07) is 7.17. The lowest BCUT2D eigenvalue weighted by molar-refractivity contribution is 0.0596. The van der Waals surface area contributed by atoms with E-state index < -0.39 is 16.0 Å². The highest BCUT2D eigenvalue weighted by molar-refractivity contribution is 7.92. The summed E-state index contributed by atoms with van der Waals surface area (Å²) >= 11 is 5.89. The molecule has 6 nitrogen and oxygen atoms in total. The van der Waals surface area contributed by atoms with Gasteiger partial charge in [0, 0.05) is 6.20 Å². The number of ether oxygens (including phenoxy) is 1. The molecule has 1 aromatic carbocycles. The third-order valence-corrected chi connectivity index (χ3v) is 4.35. The SMILES string of the molecule is COC(=O)c1ccccc1S(=O)(=O)Nc1cnccc1Cl. The second-order valence-electron chi connectivity index (χ2n) is 3.95. The van der Waals surface area contributed by atoms with E-state index in [9.17, 15) is 13.2 Å². The number of pyridine rings is 1. The average Bonchev–Trinajstić information content (AvgIpc) is 2.48. The van der Waals surface area contributed by atoms with Crippen molar-refractivity contribution in [2.75, 3.05) is 11.8 Å². The highest BCUT2D eigenvalue weighted by Crippen LogP contribution is 2.24. The topological polar surface area (TPSA) is 85.4 Å². The van der Waals surface area contributed by atoms with Crippen molar-refractivity contribution in [3.8, 4) is 0 Å². The van der Waals surface area contributed by atoms with Crippen LogP contribution in [0.5, 0.6) is 0 Å². The minimum absolute atomic E-state index is 0.0625. The zero-order valence-corrected chi connectivity index (χ0v) is 12.5. The Bertz CT molecular complexity index is 777. The fourth-order valence-corrected chi connectivity index (χ4v) is 3.10. The highest BCUT2D eigenvalue weighted by Gasteiger charge is 2.23. The van der Waals surface area contributed by atoms with Gasteiger partial charge in [-0.3, -0.25) is 9.71 Å². The Kier molecular flexibility index (Phi) is 4.44. The first-order chi connectivity index (χ1) is 9.95. The van der Waals surface area contributed by atoms with Gasteiger partial charge in [-0.2, -0.15) is 0 Å². The van der Waals surface area contributed by atoms with Crippen molar-refractivity contribution in [1.29, 1.82) is 0 Å². The molecule has 0 saturated carbocycles. The summed E-state index contributed by atoms with van der Waals surface area (Å²) in [5.41, 5.74) is 0.0614. The summed E-state index contributed by atoms with van der Waals surface area (Å²) in [5, 5.41) is 0.198. The van der Waals surface area contributed by atoms with E-state index in [1.807, 2.05) is 0 Å². The Morgan fingerprint density at radius 3 is 2.67 bits per heavy atom. The summed E-state index contributed by atoms with van der Waals surface area (Å²) in [6.07, 6.45) is 2.71. The molecular formula is C13H11ClN2O4S. The van der Waals surface area contributed by atoms with Gasteiger partial charge >= 0.3 is 5.97 Å². The zero-order chi connectivity index (χ0) is 15.5. The van der Waals surface area contributed by atoms with E-state index in [2.05, 4.69) is 14.4 Å². The monoisotopic (exact) mass is 326 g/mol. The van der Waals surface area contributed by atoms with E-state index in [4.69, 9.17) is 11.6 Å². The van der Waals surface area contributed by atoms with Crippen LogP contribution in [0.3, 0.4) is 0 Å². The second-order valence-corrected chi connectivity index (χ2v) is 6.01. The number of carbonyl (C=O) groups excluding carboxylic acids is 1. The van der Waals surface area contributed by atoms with Gasteiger partial charge in [-0.15, -0.1) is 0 Å². The summed E-state index contributed by atoms with van der Waals surface area (Å²) in [5.74, 6) is -0.742. The molecule has 110 valence electrons. The van der Waals surface area contributed by atoms with Crippen molar-refractivity contribution in [3.63, 3.8) is 0 Å². The number of nitrogens with zero attached hydrogens (tertiary/aromatic N) is 1. The first-order valence-electron chi connectivity index (χ1n) is 5.75. The van der Waals surface area contributed by atoms with Gasteiger partial charge in [0.25, 0.3) is 10.0 Å². The number of benzene rings is 1. The predicted octanol–water partition coefficient (Wildman–Crippen LogP) is 2.32. The smallest absolute Gasteiger partial charge is 0.339 e. The van der Waals surface area contributed by atoms with Crippen LogP contribution in [0.2, 0.25) is 5.02 Å². The van der Waals surface area contributed by atoms with Crippen molar-refractivity contribution in [2.24, 2.45) is 0 Å². The molecule has 8 heteroatoms. The van der Waals surface area contributed by atoms with Crippen LogP contribution >= 0.6 is 11.6 Å². The lowest BCUT2D eigenvalue weighted by atomic mass is 10.2. The van der Waals surface area contributed by atoms with Crippen molar-refractivity contribution in [3.05, 3.63) is 53.3 Å². The molecular weight excluding hydrogens is 316 g/mol. The van der Waals surface area contributed by atoms with Gasteiger partial charge in [-0.05, 0) is 18.2 Å². The number of hydrogen-bond donors (Lipinski definition) is 1. The maximum absolute atomic E-state index is 12.4. The summed E-state index contributed by atoms with van der Waals surface area (Å²) in [6.45, 7) is 0. The van der Waals surface area contributed by atoms with Gasteiger partial charge < -0.3 is 4.74 Å². The fourth-order valence-electron chi connectivity index (χ4n) is 1.63. The first kappa shape index (κ1) is 15.3. The van der Waals surface area contributed by atoms with Crippen LogP contribution in [0.4, 0.5) is 5.69 Å². The third-order valence-electron chi connectivity index (χ3n) is 2.59. The Balaban J connectivity index is 2.46. The van der Waals surface area contributed by atoms with Crippen LogP contribution in [-0.2, 0) is 14.8 Å². The number of aromatic nitrogens is 1. The van der Waals surface area contributed by atoms with Gasteiger partial charge in [0.15, 0.2) is 0 Å². The molecule has 0 aliphatic carbocycles. The Labute approximate surface area is 126 Å². The standard InChI is InChI=1S/C13H11ClN2O4S/c1-20-13(17)9-4-2-3-5-12(9)21(18,19)16-11-8-15-7-6-10(11)14/h2-8,16H,1H3. The summed E-state index contributed by atoms with van der Waals surface area (Å²) < 4.78 is 31.6. The van der Waals surface area contributed by atoms with Gasteiger partial charge in [0.05, 0.1) is 29.6 Å². The molecule has 1 N–H and O–H groups in total. The maximum atomic E-state index is 12.4. The van der Waals surface area contributed by atoms with Gasteiger partial charge in [-0.1, -0.05) is 23.7 Å². The number of hydrogen-bond acceptors (Lipinski definition) is 5. The number of nitrogens with one attached hydrogen (secondary N) is 1. The van der Waals surface area contributed by atoms with Gasteiger partial charge in [0.1, 0.15) is 4.90 Å². The first-order valence-corrected chi connectivity index (χ1v) is 7.61. The lowest BCUT2D eigenvalue weighted by Crippen LogP contribution is -2.17.